The molecular weight excluding hydrogens is 421 g/mol. The summed E-state index contributed by atoms with van der Waals surface area (Å²) in [6.07, 6.45) is 2.67. The lowest BCUT2D eigenvalue weighted by Gasteiger charge is -2.47. The summed E-state index contributed by atoms with van der Waals surface area (Å²) in [4.78, 5) is 17.5. The molecule has 2 heterocycles. The Morgan fingerprint density at radius 3 is 2.47 bits per heavy atom. The number of piperidine rings is 1. The van der Waals surface area contributed by atoms with Crippen LogP contribution in [0.4, 0.5) is 0 Å². The fraction of sp³-hybridized carbons (Fsp3) is 0.435. The summed E-state index contributed by atoms with van der Waals surface area (Å²) in [5.41, 5.74) is 3.36. The molecule has 0 aliphatic carbocycles. The SMILES string of the molecule is CN(C)C1(c2cccc(O)c2)CCN(C(=O)C2NCCc3ccccc32)CC1.Cl.Cl. The third kappa shape index (κ3) is 4.45. The lowest BCUT2D eigenvalue weighted by Crippen LogP contribution is -2.54. The summed E-state index contributed by atoms with van der Waals surface area (Å²) in [5, 5.41) is 13.4. The molecule has 2 aliphatic rings. The Hall–Kier alpha value is -1.79. The van der Waals surface area contributed by atoms with Crippen molar-refractivity contribution in [1.82, 2.24) is 15.1 Å². The highest BCUT2D eigenvalue weighted by atomic mass is 35.5. The highest BCUT2D eigenvalue weighted by molar-refractivity contribution is 5.85. The third-order valence-electron chi connectivity index (χ3n) is 6.50. The van der Waals surface area contributed by atoms with Crippen LogP contribution in [-0.4, -0.2) is 54.5 Å². The van der Waals surface area contributed by atoms with E-state index >= 15 is 0 Å². The number of aromatic hydroxyl groups is 1. The van der Waals surface area contributed by atoms with Gasteiger partial charge in [-0.05, 0) is 62.2 Å². The Bertz CT molecular complexity index is 867. The van der Waals surface area contributed by atoms with E-state index in [1.165, 1.54) is 5.56 Å². The lowest BCUT2D eigenvalue weighted by molar-refractivity contribution is -0.136. The molecule has 1 fully saturated rings. The highest BCUT2D eigenvalue weighted by Crippen LogP contribution is 2.39. The van der Waals surface area contributed by atoms with E-state index in [0.29, 0.717) is 18.8 Å². The fourth-order valence-corrected chi connectivity index (χ4v) is 4.79. The molecule has 0 radical (unpaired) electrons. The van der Waals surface area contributed by atoms with Gasteiger partial charge in [-0.1, -0.05) is 36.4 Å². The maximum absolute atomic E-state index is 13.3. The van der Waals surface area contributed by atoms with Gasteiger partial charge < -0.3 is 15.3 Å². The van der Waals surface area contributed by atoms with Gasteiger partial charge in [-0.25, -0.2) is 0 Å². The van der Waals surface area contributed by atoms with Gasteiger partial charge in [-0.15, -0.1) is 24.8 Å². The van der Waals surface area contributed by atoms with Crippen LogP contribution in [-0.2, 0) is 16.8 Å². The van der Waals surface area contributed by atoms with Gasteiger partial charge in [0.05, 0.1) is 0 Å². The zero-order chi connectivity index (χ0) is 19.7. The standard InChI is InChI=1S/C23H29N3O2.2ClH/c1-25(2)23(18-7-5-8-19(27)16-18)11-14-26(15-12-23)22(28)21-20-9-4-3-6-17(20)10-13-24-21;;/h3-9,16,21,24,27H,10-15H2,1-2H3;2*1H. The van der Waals surface area contributed by atoms with Gasteiger partial charge in [0.1, 0.15) is 11.8 Å². The molecule has 0 spiro atoms. The number of nitrogens with zero attached hydrogens (tertiary/aromatic N) is 2. The van der Waals surface area contributed by atoms with Crippen LogP contribution in [0, 0.1) is 0 Å². The number of carbonyl (C=O) groups excluding carboxylic acids is 1. The molecule has 30 heavy (non-hydrogen) atoms. The monoisotopic (exact) mass is 451 g/mol. The van der Waals surface area contributed by atoms with Crippen LogP contribution < -0.4 is 5.32 Å². The molecule has 7 heteroatoms. The van der Waals surface area contributed by atoms with Crippen LogP contribution >= 0.6 is 24.8 Å². The number of phenols is 1. The summed E-state index contributed by atoms with van der Waals surface area (Å²) in [7, 11) is 4.17. The second-order valence-corrected chi connectivity index (χ2v) is 8.14. The van der Waals surface area contributed by atoms with Gasteiger partial charge in [-0.3, -0.25) is 9.69 Å². The van der Waals surface area contributed by atoms with Crippen LogP contribution in [0.1, 0.15) is 35.6 Å². The van der Waals surface area contributed by atoms with Crippen LogP contribution in [0.2, 0.25) is 0 Å². The molecule has 1 atom stereocenters. The molecule has 5 nitrogen and oxygen atoms in total. The van der Waals surface area contributed by atoms with Crippen molar-refractivity contribution in [3.8, 4) is 5.75 Å². The van der Waals surface area contributed by atoms with Crippen molar-refractivity contribution >= 4 is 30.7 Å². The maximum Gasteiger partial charge on any atom is 0.244 e. The second kappa shape index (κ2) is 10.0. The van der Waals surface area contributed by atoms with Gasteiger partial charge in [0.2, 0.25) is 5.91 Å². The number of fused-ring (bicyclic) bond motifs is 1. The number of benzene rings is 2. The lowest BCUT2D eigenvalue weighted by atomic mass is 9.79. The molecule has 0 bridgehead atoms. The zero-order valence-corrected chi connectivity index (χ0v) is 19.1. The van der Waals surface area contributed by atoms with Crippen molar-refractivity contribution in [3.63, 3.8) is 0 Å². The largest absolute Gasteiger partial charge is 0.508 e. The van der Waals surface area contributed by atoms with E-state index in [2.05, 4.69) is 42.5 Å². The van der Waals surface area contributed by atoms with E-state index in [1.54, 1.807) is 6.07 Å². The summed E-state index contributed by atoms with van der Waals surface area (Å²) in [5.74, 6) is 0.468. The van der Waals surface area contributed by atoms with E-state index in [1.807, 2.05) is 29.2 Å². The number of amides is 1. The molecular formula is C23H31Cl2N3O2. The highest BCUT2D eigenvalue weighted by Gasteiger charge is 2.41. The smallest absolute Gasteiger partial charge is 0.244 e. The first-order valence-electron chi connectivity index (χ1n) is 10.1. The Kier molecular flexibility index (Phi) is 8.17. The van der Waals surface area contributed by atoms with Gasteiger partial charge in [0.15, 0.2) is 0 Å². The number of hydrogen-bond donors (Lipinski definition) is 2. The van der Waals surface area contributed by atoms with Crippen LogP contribution in [0.5, 0.6) is 5.75 Å². The fourth-order valence-electron chi connectivity index (χ4n) is 4.79. The molecule has 2 aromatic rings. The van der Waals surface area contributed by atoms with Crippen molar-refractivity contribution in [2.45, 2.75) is 30.8 Å². The summed E-state index contributed by atoms with van der Waals surface area (Å²) in [6.45, 7) is 2.27. The first kappa shape index (κ1) is 24.5. The minimum absolute atomic E-state index is 0. The number of hydrogen-bond acceptors (Lipinski definition) is 4. The molecule has 2 N–H and O–H groups in total. The summed E-state index contributed by atoms with van der Waals surface area (Å²) < 4.78 is 0. The number of carbonyl (C=O) groups is 1. The average Bonchev–Trinajstić information content (AvgIpc) is 2.72. The Morgan fingerprint density at radius 1 is 1.10 bits per heavy atom. The van der Waals surface area contributed by atoms with E-state index in [-0.39, 0.29) is 42.3 Å². The zero-order valence-electron chi connectivity index (χ0n) is 17.5. The predicted octanol–water partition coefficient (Wildman–Crippen LogP) is 3.50. The van der Waals surface area contributed by atoms with Crippen LogP contribution in [0.25, 0.3) is 0 Å². The summed E-state index contributed by atoms with van der Waals surface area (Å²) in [6, 6.07) is 15.6. The van der Waals surface area contributed by atoms with E-state index in [0.717, 1.165) is 36.9 Å². The number of likely N-dealkylation sites (tertiary alicyclic amines) is 1. The molecule has 4 rings (SSSR count). The number of halogens is 2. The molecule has 2 aromatic carbocycles. The molecule has 1 amide bonds. The van der Waals surface area contributed by atoms with Gasteiger partial charge >= 0.3 is 0 Å². The van der Waals surface area contributed by atoms with Crippen molar-refractivity contribution in [1.29, 1.82) is 0 Å². The van der Waals surface area contributed by atoms with Gasteiger partial charge in [-0.2, -0.15) is 0 Å². The predicted molar refractivity (Wildman–Crippen MR) is 125 cm³/mol. The van der Waals surface area contributed by atoms with Gasteiger partial charge in [0, 0.05) is 25.2 Å². The van der Waals surface area contributed by atoms with Crippen molar-refractivity contribution in [2.24, 2.45) is 0 Å². The van der Waals surface area contributed by atoms with E-state index < -0.39 is 0 Å². The Balaban J connectivity index is 0.00000160. The second-order valence-electron chi connectivity index (χ2n) is 8.14. The third-order valence-corrected chi connectivity index (χ3v) is 6.50. The minimum Gasteiger partial charge on any atom is -0.508 e. The maximum atomic E-state index is 13.3. The molecule has 1 saturated heterocycles. The van der Waals surface area contributed by atoms with Crippen molar-refractivity contribution in [3.05, 3.63) is 65.2 Å². The van der Waals surface area contributed by atoms with Gasteiger partial charge in [0.25, 0.3) is 0 Å². The normalized spacial score (nSPS) is 20.0. The molecule has 0 aromatic heterocycles. The number of nitrogens with one attached hydrogen (secondary N) is 1. The van der Waals surface area contributed by atoms with E-state index in [9.17, 15) is 9.90 Å². The minimum atomic E-state index is -0.238. The number of rotatable bonds is 3. The molecule has 164 valence electrons. The topological polar surface area (TPSA) is 55.8 Å². The van der Waals surface area contributed by atoms with Crippen molar-refractivity contribution < 1.29 is 9.90 Å². The van der Waals surface area contributed by atoms with Crippen LogP contribution in [0.3, 0.4) is 0 Å². The first-order valence-corrected chi connectivity index (χ1v) is 10.1. The molecule has 1 unspecified atom stereocenters. The van der Waals surface area contributed by atoms with Crippen molar-refractivity contribution in [2.75, 3.05) is 33.7 Å². The first-order chi connectivity index (χ1) is 13.5. The quantitative estimate of drug-likeness (QED) is 0.749. The molecule has 0 saturated carbocycles. The molecule has 2 aliphatic heterocycles. The van der Waals surface area contributed by atoms with E-state index in [4.69, 9.17) is 0 Å². The average molecular weight is 452 g/mol. The summed E-state index contributed by atoms with van der Waals surface area (Å²) >= 11 is 0. The van der Waals surface area contributed by atoms with Crippen LogP contribution in [0.15, 0.2) is 48.5 Å². The Labute approximate surface area is 191 Å². The number of phenolic OH excluding ortho intramolecular Hbond substituents is 1. The Morgan fingerprint density at radius 2 is 1.80 bits per heavy atom.